The van der Waals surface area contributed by atoms with E-state index in [1.807, 2.05) is 38.2 Å². The van der Waals surface area contributed by atoms with Gasteiger partial charge in [-0.3, -0.25) is 9.47 Å². The minimum Gasteiger partial charge on any atom is -0.448 e. The van der Waals surface area contributed by atoms with Crippen LogP contribution in [0.1, 0.15) is 38.7 Å². The first-order chi connectivity index (χ1) is 14.6. The van der Waals surface area contributed by atoms with E-state index in [1.165, 1.54) is 24.8 Å². The van der Waals surface area contributed by atoms with Crippen LogP contribution < -0.4 is 0 Å². The van der Waals surface area contributed by atoms with Crippen molar-refractivity contribution in [1.29, 1.82) is 0 Å². The lowest BCUT2D eigenvalue weighted by Crippen LogP contribution is -2.64. The lowest BCUT2D eigenvalue weighted by Gasteiger charge is -2.52. The van der Waals surface area contributed by atoms with E-state index < -0.39 is 0 Å². The van der Waals surface area contributed by atoms with Crippen molar-refractivity contribution in [2.45, 2.75) is 45.1 Å². The van der Waals surface area contributed by atoms with E-state index in [0.717, 1.165) is 50.2 Å². The van der Waals surface area contributed by atoms with Crippen LogP contribution in [0.15, 0.2) is 30.5 Å². The van der Waals surface area contributed by atoms with Gasteiger partial charge in [-0.2, -0.15) is 0 Å². The third kappa shape index (κ3) is 4.88. The van der Waals surface area contributed by atoms with Gasteiger partial charge in [-0.05, 0) is 51.5 Å². The van der Waals surface area contributed by atoms with Crippen LogP contribution in [0.4, 0.5) is 4.79 Å². The average Bonchev–Trinajstić information content (AvgIpc) is 3.12. The molecule has 30 heavy (non-hydrogen) atoms. The van der Waals surface area contributed by atoms with Gasteiger partial charge in [-0.15, -0.1) is 0 Å². The fourth-order valence-electron chi connectivity index (χ4n) is 4.42. The molecule has 0 radical (unpaired) electrons. The maximum atomic E-state index is 12.8. The molecule has 4 rings (SSSR count). The van der Waals surface area contributed by atoms with Gasteiger partial charge in [0.1, 0.15) is 6.61 Å². The Morgan fingerprint density at radius 2 is 1.97 bits per heavy atom. The van der Waals surface area contributed by atoms with Gasteiger partial charge in [-0.1, -0.05) is 38.5 Å². The second-order valence-electron chi connectivity index (χ2n) is 8.37. The molecule has 2 aromatic rings. The molecule has 3 heterocycles. The Morgan fingerprint density at radius 3 is 2.67 bits per heavy atom. The molecule has 0 unspecified atom stereocenters. The van der Waals surface area contributed by atoms with Crippen molar-refractivity contribution in [3.8, 4) is 0 Å². The second kappa shape index (κ2) is 10.4. The molecule has 0 saturated carbocycles. The van der Waals surface area contributed by atoms with E-state index >= 15 is 0 Å². The average molecular weight is 416 g/mol. The smallest absolute Gasteiger partial charge is 0.418 e. The summed E-state index contributed by atoms with van der Waals surface area (Å²) in [6.07, 6.45) is 6.24. The first kappa shape index (κ1) is 22.8. The van der Waals surface area contributed by atoms with Crippen LogP contribution in [0.2, 0.25) is 0 Å². The molecule has 0 bridgehead atoms. The number of benzene rings is 1. The Balaban J connectivity index is 0.00000124. The van der Waals surface area contributed by atoms with Crippen molar-refractivity contribution in [3.05, 3.63) is 36.0 Å². The second-order valence-corrected chi connectivity index (χ2v) is 8.37. The maximum absolute atomic E-state index is 12.8. The predicted octanol–water partition coefficient (Wildman–Crippen LogP) is 4.01. The summed E-state index contributed by atoms with van der Waals surface area (Å²) in [6, 6.07) is 8.06. The lowest BCUT2D eigenvalue weighted by molar-refractivity contribution is -0.158. The highest BCUT2D eigenvalue weighted by molar-refractivity contribution is 5.91. The molecule has 6 nitrogen and oxygen atoms in total. The molecule has 0 N–H and O–H groups in total. The number of aromatic nitrogens is 1. The topological polar surface area (TPSA) is 46.9 Å². The summed E-state index contributed by atoms with van der Waals surface area (Å²) in [4.78, 5) is 17.4. The van der Waals surface area contributed by atoms with Crippen LogP contribution in [0, 0.1) is 0 Å². The number of nitrogens with zero attached hydrogens (tertiary/aromatic N) is 3. The summed E-state index contributed by atoms with van der Waals surface area (Å²) >= 11 is 0. The fraction of sp³-hybridized carbons (Fsp3) is 0.625. The zero-order chi connectivity index (χ0) is 21.6. The van der Waals surface area contributed by atoms with Crippen LogP contribution in [0.5, 0.6) is 0 Å². The molecule has 1 aromatic heterocycles. The largest absolute Gasteiger partial charge is 0.448 e. The molecule has 1 aromatic carbocycles. The van der Waals surface area contributed by atoms with Crippen molar-refractivity contribution in [1.82, 2.24) is 14.4 Å². The monoisotopic (exact) mass is 415 g/mol. The Labute approximate surface area is 180 Å². The predicted molar refractivity (Wildman–Crippen MR) is 121 cm³/mol. The van der Waals surface area contributed by atoms with Gasteiger partial charge in [0.15, 0.2) is 0 Å². The summed E-state index contributed by atoms with van der Waals surface area (Å²) in [5.74, 6) is 0. The molecule has 0 atom stereocenters. The summed E-state index contributed by atoms with van der Waals surface area (Å²) in [5.41, 5.74) is 2.30. The van der Waals surface area contributed by atoms with Crippen LogP contribution in [-0.2, 0) is 15.9 Å². The highest BCUT2D eigenvalue weighted by atomic mass is 16.5. The van der Waals surface area contributed by atoms with Gasteiger partial charge in [0.05, 0.1) is 24.3 Å². The number of carbonyl (C=O) groups is 1. The highest BCUT2D eigenvalue weighted by Gasteiger charge is 2.45. The van der Waals surface area contributed by atoms with Crippen LogP contribution in [0.3, 0.4) is 0 Å². The molecule has 2 fully saturated rings. The van der Waals surface area contributed by atoms with Crippen molar-refractivity contribution in [2.75, 3.05) is 53.6 Å². The number of ether oxygens (including phenoxy) is 2. The highest BCUT2D eigenvalue weighted by Crippen LogP contribution is 2.34. The maximum Gasteiger partial charge on any atom is 0.418 e. The number of rotatable bonds is 6. The molecule has 2 saturated heterocycles. The van der Waals surface area contributed by atoms with Gasteiger partial charge in [0, 0.05) is 24.7 Å². The molecule has 0 amide bonds. The minimum absolute atomic E-state index is 0.199. The lowest BCUT2D eigenvalue weighted by atomic mass is 9.85. The summed E-state index contributed by atoms with van der Waals surface area (Å²) < 4.78 is 12.8. The molecule has 2 aliphatic heterocycles. The first-order valence-corrected chi connectivity index (χ1v) is 11.3. The van der Waals surface area contributed by atoms with Crippen molar-refractivity contribution in [2.24, 2.45) is 0 Å². The molecule has 2 aliphatic rings. The zero-order valence-corrected chi connectivity index (χ0v) is 19.0. The summed E-state index contributed by atoms with van der Waals surface area (Å²) in [5, 5.41) is 1.13. The number of fused-ring (bicyclic) bond motifs is 1. The van der Waals surface area contributed by atoms with E-state index in [2.05, 4.69) is 30.0 Å². The van der Waals surface area contributed by atoms with E-state index in [0.29, 0.717) is 6.61 Å². The normalized spacial score (nSPS) is 18.2. The van der Waals surface area contributed by atoms with E-state index in [1.54, 1.807) is 4.57 Å². The van der Waals surface area contributed by atoms with E-state index in [-0.39, 0.29) is 11.6 Å². The summed E-state index contributed by atoms with van der Waals surface area (Å²) in [6.45, 7) is 8.85. The van der Waals surface area contributed by atoms with Crippen LogP contribution >= 0.6 is 0 Å². The molecule has 0 aliphatic carbocycles. The molecule has 166 valence electrons. The number of piperidine rings is 1. The summed E-state index contributed by atoms with van der Waals surface area (Å²) in [7, 11) is 4.13. The molecule has 6 heteroatoms. The number of para-hydroxylation sites is 1. The number of carbonyl (C=O) groups excluding carboxylic acids is 1. The number of likely N-dealkylation sites (N-methyl/N-ethyl adjacent to an activating group) is 1. The number of likely N-dealkylation sites (tertiary alicyclic amines) is 1. The van der Waals surface area contributed by atoms with Gasteiger partial charge in [-0.25, -0.2) is 4.79 Å². The van der Waals surface area contributed by atoms with Gasteiger partial charge < -0.3 is 14.4 Å². The van der Waals surface area contributed by atoms with E-state index in [4.69, 9.17) is 9.47 Å². The SMILES string of the molecule is CC.CN(C)CCc1cn(C(=O)OCCN2CCCCC23COC3)c2ccccc12. The van der Waals surface area contributed by atoms with Crippen LogP contribution in [0.25, 0.3) is 10.9 Å². The third-order valence-electron chi connectivity index (χ3n) is 6.14. The fourth-order valence-corrected chi connectivity index (χ4v) is 4.42. The Bertz CT molecular complexity index is 826. The Kier molecular flexibility index (Phi) is 7.92. The molecule has 1 spiro atoms. The third-order valence-corrected chi connectivity index (χ3v) is 6.14. The van der Waals surface area contributed by atoms with Gasteiger partial charge in [0.25, 0.3) is 0 Å². The van der Waals surface area contributed by atoms with Crippen molar-refractivity contribution in [3.63, 3.8) is 0 Å². The number of hydrogen-bond donors (Lipinski definition) is 0. The molecular weight excluding hydrogens is 378 g/mol. The van der Waals surface area contributed by atoms with Crippen molar-refractivity contribution >= 4 is 17.0 Å². The molecular formula is C24H37N3O3. The first-order valence-electron chi connectivity index (χ1n) is 11.3. The van der Waals surface area contributed by atoms with Gasteiger partial charge >= 0.3 is 6.09 Å². The zero-order valence-electron chi connectivity index (χ0n) is 19.0. The minimum atomic E-state index is -0.289. The quantitative estimate of drug-likeness (QED) is 0.713. The standard InChI is InChI=1S/C22H31N3O3.C2H6/c1-23(2)12-9-18-15-25(20-8-4-3-7-19(18)20)21(26)28-14-13-24-11-6-5-10-22(24)16-27-17-22;1-2/h3-4,7-8,15H,5-6,9-14,16-17H2,1-2H3;1-2H3. The van der Waals surface area contributed by atoms with Crippen molar-refractivity contribution < 1.29 is 14.3 Å². The van der Waals surface area contributed by atoms with Gasteiger partial charge in [0.2, 0.25) is 0 Å². The Hall–Kier alpha value is -1.89. The number of hydrogen-bond acceptors (Lipinski definition) is 5. The van der Waals surface area contributed by atoms with Crippen LogP contribution in [-0.4, -0.2) is 79.5 Å². The Morgan fingerprint density at radius 1 is 1.20 bits per heavy atom. The van der Waals surface area contributed by atoms with E-state index in [9.17, 15) is 4.79 Å².